The maximum Gasteiger partial charge on any atom is 0.258 e. The van der Waals surface area contributed by atoms with Crippen LogP contribution in [-0.4, -0.2) is 33.5 Å². The number of carbonyl (C=O) groups is 1. The molecule has 0 radical (unpaired) electrons. The number of nitrogens with one attached hydrogen (secondary N) is 2. The molecule has 6 nitrogen and oxygen atoms in total. The lowest BCUT2D eigenvalue weighted by Crippen LogP contribution is -2.37. The molecule has 0 unspecified atom stereocenters. The molecule has 162 valence electrons. The quantitative estimate of drug-likeness (QED) is 0.597. The van der Waals surface area contributed by atoms with E-state index in [1.54, 1.807) is 12.1 Å². The second-order valence-electron chi connectivity index (χ2n) is 7.65. The Balaban J connectivity index is 1.44. The van der Waals surface area contributed by atoms with E-state index >= 15 is 0 Å². The van der Waals surface area contributed by atoms with E-state index < -0.39 is 10.0 Å². The molecule has 1 fully saturated rings. The number of rotatable bonds is 9. The van der Waals surface area contributed by atoms with Crippen LogP contribution in [0.5, 0.6) is 5.75 Å². The van der Waals surface area contributed by atoms with Crippen LogP contribution in [0.4, 0.5) is 0 Å². The summed E-state index contributed by atoms with van der Waals surface area (Å²) < 4.78 is 33.0. The monoisotopic (exact) mass is 430 g/mol. The molecule has 1 aliphatic carbocycles. The largest absolute Gasteiger partial charge is 0.484 e. The molecule has 1 saturated carbocycles. The Kier molecular flexibility index (Phi) is 8.28. The third-order valence-electron chi connectivity index (χ3n) is 5.27. The van der Waals surface area contributed by atoms with Gasteiger partial charge >= 0.3 is 0 Å². The van der Waals surface area contributed by atoms with E-state index in [9.17, 15) is 13.2 Å². The van der Waals surface area contributed by atoms with Crippen LogP contribution in [0.15, 0.2) is 59.5 Å². The smallest absolute Gasteiger partial charge is 0.258 e. The summed E-state index contributed by atoms with van der Waals surface area (Å²) in [5.74, 6) is 0.329. The van der Waals surface area contributed by atoms with Gasteiger partial charge in [-0.1, -0.05) is 56.0 Å². The van der Waals surface area contributed by atoms with Crippen molar-refractivity contribution in [1.82, 2.24) is 10.0 Å². The van der Waals surface area contributed by atoms with Crippen LogP contribution in [-0.2, 0) is 21.2 Å². The van der Waals surface area contributed by atoms with E-state index in [0.717, 1.165) is 31.2 Å². The van der Waals surface area contributed by atoms with Gasteiger partial charge in [0.05, 0.1) is 4.90 Å². The van der Waals surface area contributed by atoms with E-state index in [-0.39, 0.29) is 23.5 Å². The number of hydrogen-bond acceptors (Lipinski definition) is 4. The summed E-state index contributed by atoms with van der Waals surface area (Å²) >= 11 is 0. The van der Waals surface area contributed by atoms with Gasteiger partial charge < -0.3 is 10.1 Å². The molecule has 0 heterocycles. The fraction of sp³-hybridized carbons (Fsp3) is 0.435. The Hall–Kier alpha value is -2.38. The van der Waals surface area contributed by atoms with Crippen molar-refractivity contribution in [3.63, 3.8) is 0 Å². The van der Waals surface area contributed by atoms with Crippen molar-refractivity contribution in [2.75, 3.05) is 13.2 Å². The zero-order valence-corrected chi connectivity index (χ0v) is 18.0. The molecule has 0 bridgehead atoms. The van der Waals surface area contributed by atoms with Crippen molar-refractivity contribution in [2.45, 2.75) is 55.9 Å². The molecule has 0 aromatic heterocycles. The molecule has 2 aromatic rings. The van der Waals surface area contributed by atoms with E-state index in [0.29, 0.717) is 18.7 Å². The summed E-state index contributed by atoms with van der Waals surface area (Å²) in [4.78, 5) is 12.3. The lowest BCUT2D eigenvalue weighted by molar-refractivity contribution is -0.123. The first kappa shape index (κ1) is 22.3. The zero-order valence-electron chi connectivity index (χ0n) is 17.2. The molecule has 2 aromatic carbocycles. The first-order valence-electron chi connectivity index (χ1n) is 10.6. The van der Waals surface area contributed by atoms with Gasteiger partial charge in [0.25, 0.3) is 5.91 Å². The predicted molar refractivity (Wildman–Crippen MR) is 117 cm³/mol. The van der Waals surface area contributed by atoms with E-state index in [2.05, 4.69) is 10.0 Å². The molecular formula is C23H30N2O4S. The number of ether oxygens (including phenoxy) is 1. The fourth-order valence-electron chi connectivity index (χ4n) is 3.61. The maximum absolute atomic E-state index is 12.4. The number of benzene rings is 2. The molecule has 30 heavy (non-hydrogen) atoms. The molecule has 2 N–H and O–H groups in total. The summed E-state index contributed by atoms with van der Waals surface area (Å²) in [6.45, 7) is 0.254. The van der Waals surface area contributed by atoms with Gasteiger partial charge in [-0.3, -0.25) is 4.79 Å². The second-order valence-corrected chi connectivity index (χ2v) is 9.42. The molecular weight excluding hydrogens is 400 g/mol. The Labute approximate surface area is 179 Å². The van der Waals surface area contributed by atoms with Crippen molar-refractivity contribution < 1.29 is 17.9 Å². The van der Waals surface area contributed by atoms with Crippen molar-refractivity contribution in [2.24, 2.45) is 0 Å². The van der Waals surface area contributed by atoms with Crippen LogP contribution < -0.4 is 14.8 Å². The molecule has 0 saturated heterocycles. The molecule has 0 aliphatic heterocycles. The maximum atomic E-state index is 12.4. The number of sulfonamides is 1. The van der Waals surface area contributed by atoms with Gasteiger partial charge in [0.2, 0.25) is 10.0 Å². The average Bonchev–Trinajstić information content (AvgIpc) is 3.02. The van der Waals surface area contributed by atoms with Crippen LogP contribution in [0.1, 0.15) is 44.1 Å². The van der Waals surface area contributed by atoms with Crippen molar-refractivity contribution >= 4 is 15.9 Å². The highest BCUT2D eigenvalue weighted by Crippen LogP contribution is 2.18. The Morgan fingerprint density at radius 2 is 1.60 bits per heavy atom. The minimum absolute atomic E-state index is 0.0715. The lowest BCUT2D eigenvalue weighted by Gasteiger charge is -2.16. The second kappa shape index (κ2) is 11.1. The van der Waals surface area contributed by atoms with Gasteiger partial charge in [0.1, 0.15) is 5.75 Å². The third kappa shape index (κ3) is 7.15. The minimum atomic E-state index is -3.59. The Morgan fingerprint density at radius 1 is 0.933 bits per heavy atom. The molecule has 1 amide bonds. The standard InChI is InChI=1S/C23H30N2O4S/c26-23(25-20-10-6-1-2-7-11-20)18-29-21-12-14-22(15-13-21)30(27,28)24-17-16-19-8-4-3-5-9-19/h3-5,8-9,12-15,20,24H,1-2,6-7,10-11,16-18H2,(H,25,26). The highest BCUT2D eigenvalue weighted by atomic mass is 32.2. The topological polar surface area (TPSA) is 84.5 Å². The van der Waals surface area contributed by atoms with Crippen molar-refractivity contribution in [3.8, 4) is 5.75 Å². The van der Waals surface area contributed by atoms with E-state index in [1.165, 1.54) is 25.0 Å². The van der Waals surface area contributed by atoms with Crippen LogP contribution in [0, 0.1) is 0 Å². The summed E-state index contributed by atoms with van der Waals surface area (Å²) in [5.41, 5.74) is 1.08. The molecule has 0 atom stereocenters. The number of carbonyl (C=O) groups excluding carboxylic acids is 1. The summed E-state index contributed by atoms with van der Waals surface area (Å²) in [7, 11) is -3.59. The SMILES string of the molecule is O=C(COc1ccc(S(=O)(=O)NCCc2ccccc2)cc1)NC1CCCCCC1. The summed E-state index contributed by atoms with van der Waals surface area (Å²) in [6.07, 6.45) is 7.45. The first-order chi connectivity index (χ1) is 14.5. The van der Waals surface area contributed by atoms with Gasteiger partial charge in [-0.05, 0) is 49.1 Å². The highest BCUT2D eigenvalue weighted by molar-refractivity contribution is 7.89. The molecule has 0 spiro atoms. The Bertz CT molecular complexity index is 891. The minimum Gasteiger partial charge on any atom is -0.484 e. The van der Waals surface area contributed by atoms with Gasteiger partial charge in [0.15, 0.2) is 6.61 Å². The first-order valence-corrected chi connectivity index (χ1v) is 12.1. The van der Waals surface area contributed by atoms with E-state index in [4.69, 9.17) is 4.74 Å². The normalized spacial score (nSPS) is 15.3. The molecule has 7 heteroatoms. The Morgan fingerprint density at radius 3 is 2.27 bits per heavy atom. The van der Waals surface area contributed by atoms with Crippen molar-refractivity contribution in [1.29, 1.82) is 0 Å². The van der Waals surface area contributed by atoms with Crippen molar-refractivity contribution in [3.05, 3.63) is 60.2 Å². The van der Waals surface area contributed by atoms with Crippen LogP contribution in [0.2, 0.25) is 0 Å². The summed E-state index contributed by atoms with van der Waals surface area (Å²) in [5, 5.41) is 3.03. The van der Waals surface area contributed by atoms with Gasteiger partial charge in [-0.2, -0.15) is 0 Å². The molecule has 1 aliphatic rings. The third-order valence-corrected chi connectivity index (χ3v) is 6.75. The molecule has 3 rings (SSSR count). The van der Waals surface area contributed by atoms with E-state index in [1.807, 2.05) is 30.3 Å². The average molecular weight is 431 g/mol. The summed E-state index contributed by atoms with van der Waals surface area (Å²) in [6, 6.07) is 16.1. The van der Waals surface area contributed by atoms with Crippen LogP contribution >= 0.6 is 0 Å². The lowest BCUT2D eigenvalue weighted by atomic mass is 10.1. The predicted octanol–water partition coefficient (Wildman–Crippen LogP) is 3.43. The fourth-order valence-corrected chi connectivity index (χ4v) is 4.65. The van der Waals surface area contributed by atoms with Gasteiger partial charge in [0, 0.05) is 12.6 Å². The highest BCUT2D eigenvalue weighted by Gasteiger charge is 2.16. The van der Waals surface area contributed by atoms with Crippen LogP contribution in [0.25, 0.3) is 0 Å². The van der Waals surface area contributed by atoms with Gasteiger partial charge in [-0.25, -0.2) is 13.1 Å². The zero-order chi connectivity index (χ0) is 21.2. The number of amides is 1. The number of hydrogen-bond donors (Lipinski definition) is 2. The van der Waals surface area contributed by atoms with Crippen LogP contribution in [0.3, 0.4) is 0 Å². The van der Waals surface area contributed by atoms with Gasteiger partial charge in [-0.15, -0.1) is 0 Å².